The third-order valence-electron chi connectivity index (χ3n) is 3.50. The number of rotatable bonds is 3. The molecule has 2 heterocycles. The second-order valence-corrected chi connectivity index (χ2v) is 6.90. The van der Waals surface area contributed by atoms with Crippen molar-refractivity contribution in [3.63, 3.8) is 0 Å². The lowest BCUT2D eigenvalue weighted by Gasteiger charge is -2.39. The first-order chi connectivity index (χ1) is 11.2. The lowest BCUT2D eigenvalue weighted by molar-refractivity contribution is -0.145. The Labute approximate surface area is 145 Å². The number of piperazine rings is 1. The number of hydrogen-bond donors (Lipinski definition) is 1. The fraction of sp³-hybridized carbons (Fsp3) is 0.600. The van der Waals surface area contributed by atoms with Gasteiger partial charge in [0.2, 0.25) is 0 Å². The summed E-state index contributed by atoms with van der Waals surface area (Å²) in [5.74, 6) is -1.01. The van der Waals surface area contributed by atoms with Crippen LogP contribution in [0.1, 0.15) is 26.5 Å². The SMILES string of the molecule is CC(C)(C)OC(=O)N1CCN(Cc2nccnc2Cl)[C@@H](C(=O)O)C1. The van der Waals surface area contributed by atoms with E-state index in [1.165, 1.54) is 17.3 Å². The van der Waals surface area contributed by atoms with E-state index in [0.717, 1.165) is 0 Å². The Morgan fingerprint density at radius 1 is 1.33 bits per heavy atom. The van der Waals surface area contributed by atoms with E-state index in [1.54, 1.807) is 25.7 Å². The normalized spacial score (nSPS) is 19.2. The number of hydrogen-bond acceptors (Lipinski definition) is 6. The van der Waals surface area contributed by atoms with Crippen LogP contribution in [0, 0.1) is 0 Å². The third kappa shape index (κ3) is 4.78. The third-order valence-corrected chi connectivity index (χ3v) is 3.82. The maximum Gasteiger partial charge on any atom is 0.410 e. The number of nitrogens with zero attached hydrogens (tertiary/aromatic N) is 4. The maximum absolute atomic E-state index is 12.1. The van der Waals surface area contributed by atoms with E-state index in [2.05, 4.69) is 9.97 Å². The number of aliphatic carboxylic acids is 1. The van der Waals surface area contributed by atoms with Crippen molar-refractivity contribution in [1.82, 2.24) is 19.8 Å². The molecule has 1 N–H and O–H groups in total. The predicted molar refractivity (Wildman–Crippen MR) is 86.7 cm³/mol. The minimum atomic E-state index is -1.01. The van der Waals surface area contributed by atoms with Crippen molar-refractivity contribution in [3.8, 4) is 0 Å². The number of carbonyl (C=O) groups excluding carboxylic acids is 1. The number of carbonyl (C=O) groups is 2. The van der Waals surface area contributed by atoms with E-state index in [-0.39, 0.29) is 18.2 Å². The van der Waals surface area contributed by atoms with Crippen LogP contribution in [0.2, 0.25) is 5.15 Å². The summed E-state index contributed by atoms with van der Waals surface area (Å²) in [5, 5.41) is 9.75. The van der Waals surface area contributed by atoms with Crippen molar-refractivity contribution >= 4 is 23.7 Å². The lowest BCUT2D eigenvalue weighted by Crippen LogP contribution is -2.57. The molecule has 1 amide bonds. The minimum Gasteiger partial charge on any atom is -0.480 e. The number of ether oxygens (including phenoxy) is 1. The second-order valence-electron chi connectivity index (χ2n) is 6.54. The van der Waals surface area contributed by atoms with Gasteiger partial charge in [-0.2, -0.15) is 0 Å². The van der Waals surface area contributed by atoms with Crippen molar-refractivity contribution in [2.24, 2.45) is 0 Å². The second kappa shape index (κ2) is 7.31. The highest BCUT2D eigenvalue weighted by Gasteiger charge is 2.36. The number of aromatic nitrogens is 2. The molecule has 0 radical (unpaired) electrons. The summed E-state index contributed by atoms with van der Waals surface area (Å²) < 4.78 is 5.31. The molecule has 1 aromatic heterocycles. The molecule has 0 saturated carbocycles. The summed E-state index contributed by atoms with van der Waals surface area (Å²) in [6, 6.07) is -0.857. The van der Waals surface area contributed by atoms with Crippen molar-refractivity contribution in [2.45, 2.75) is 39.0 Å². The van der Waals surface area contributed by atoms with Crippen LogP contribution in [0.4, 0.5) is 4.79 Å². The molecule has 1 fully saturated rings. The smallest absolute Gasteiger partial charge is 0.410 e. The highest BCUT2D eigenvalue weighted by atomic mass is 35.5. The van der Waals surface area contributed by atoms with Gasteiger partial charge in [0.05, 0.1) is 12.2 Å². The number of amides is 1. The molecular weight excluding hydrogens is 336 g/mol. The molecule has 0 unspecified atom stereocenters. The summed E-state index contributed by atoms with van der Waals surface area (Å²) in [6.07, 6.45) is 2.47. The number of carboxylic acid groups (broad SMARTS) is 1. The molecule has 1 aliphatic rings. The van der Waals surface area contributed by atoms with Crippen LogP contribution in [0.15, 0.2) is 12.4 Å². The number of carboxylic acids is 1. The van der Waals surface area contributed by atoms with Gasteiger partial charge in [-0.25, -0.2) is 9.78 Å². The van der Waals surface area contributed by atoms with Gasteiger partial charge in [-0.1, -0.05) is 11.6 Å². The van der Waals surface area contributed by atoms with Gasteiger partial charge in [-0.15, -0.1) is 0 Å². The number of halogens is 1. The van der Waals surface area contributed by atoms with E-state index < -0.39 is 23.7 Å². The molecule has 1 atom stereocenters. The monoisotopic (exact) mass is 356 g/mol. The first-order valence-electron chi connectivity index (χ1n) is 7.57. The quantitative estimate of drug-likeness (QED) is 0.879. The molecule has 0 spiro atoms. The van der Waals surface area contributed by atoms with Crippen LogP contribution in [-0.4, -0.2) is 68.2 Å². The van der Waals surface area contributed by atoms with Crippen LogP contribution < -0.4 is 0 Å². The van der Waals surface area contributed by atoms with Crippen molar-refractivity contribution in [1.29, 1.82) is 0 Å². The fourth-order valence-electron chi connectivity index (χ4n) is 2.38. The standard InChI is InChI=1S/C15H21ClN4O4/c1-15(2,3)24-14(23)20-7-6-19(11(9-20)13(21)22)8-10-12(16)18-5-4-17-10/h4-5,11H,6-9H2,1-3H3,(H,21,22)/t11-/m1/s1. The van der Waals surface area contributed by atoms with Crippen LogP contribution in [0.3, 0.4) is 0 Å². The van der Waals surface area contributed by atoms with Crippen LogP contribution in [0.5, 0.6) is 0 Å². The minimum absolute atomic E-state index is 0.0438. The topological polar surface area (TPSA) is 95.9 Å². The Bertz CT molecular complexity index is 620. The average molecular weight is 357 g/mol. The largest absolute Gasteiger partial charge is 0.480 e. The molecule has 0 bridgehead atoms. The highest BCUT2D eigenvalue weighted by Crippen LogP contribution is 2.19. The van der Waals surface area contributed by atoms with Gasteiger partial charge >= 0.3 is 12.1 Å². The molecule has 1 saturated heterocycles. The summed E-state index contributed by atoms with van der Waals surface area (Å²) in [7, 11) is 0. The Kier molecular flexibility index (Phi) is 5.61. The fourth-order valence-corrected chi connectivity index (χ4v) is 2.55. The Hall–Kier alpha value is -1.93. The van der Waals surface area contributed by atoms with Gasteiger partial charge in [-0.3, -0.25) is 14.7 Å². The zero-order chi connectivity index (χ0) is 17.9. The Morgan fingerprint density at radius 3 is 2.58 bits per heavy atom. The Morgan fingerprint density at radius 2 is 2.00 bits per heavy atom. The molecule has 1 aromatic rings. The van der Waals surface area contributed by atoms with Crippen LogP contribution in [-0.2, 0) is 16.1 Å². The molecule has 24 heavy (non-hydrogen) atoms. The van der Waals surface area contributed by atoms with Crippen molar-refractivity contribution in [3.05, 3.63) is 23.2 Å². The van der Waals surface area contributed by atoms with Crippen molar-refractivity contribution in [2.75, 3.05) is 19.6 Å². The van der Waals surface area contributed by atoms with Crippen molar-refractivity contribution < 1.29 is 19.4 Å². The predicted octanol–water partition coefficient (Wildman–Crippen LogP) is 1.64. The zero-order valence-corrected chi connectivity index (χ0v) is 14.7. The van der Waals surface area contributed by atoms with E-state index in [0.29, 0.717) is 18.8 Å². The molecular formula is C15H21ClN4O4. The summed E-state index contributed by atoms with van der Waals surface area (Å²) >= 11 is 5.99. The van der Waals surface area contributed by atoms with Gasteiger partial charge in [0.1, 0.15) is 11.6 Å². The molecule has 0 aromatic carbocycles. The van der Waals surface area contributed by atoms with Gasteiger partial charge < -0.3 is 14.7 Å². The van der Waals surface area contributed by atoms with E-state index >= 15 is 0 Å². The molecule has 2 rings (SSSR count). The maximum atomic E-state index is 12.1. The molecule has 1 aliphatic heterocycles. The van der Waals surface area contributed by atoms with Gasteiger partial charge in [0.25, 0.3) is 0 Å². The highest BCUT2D eigenvalue weighted by molar-refractivity contribution is 6.29. The Balaban J connectivity index is 2.07. The molecule has 0 aliphatic carbocycles. The lowest BCUT2D eigenvalue weighted by atomic mass is 10.1. The van der Waals surface area contributed by atoms with E-state index in [1.807, 2.05) is 0 Å². The van der Waals surface area contributed by atoms with E-state index in [9.17, 15) is 14.7 Å². The van der Waals surface area contributed by atoms with Crippen LogP contribution in [0.25, 0.3) is 0 Å². The summed E-state index contributed by atoms with van der Waals surface area (Å²) in [5.41, 5.74) is -0.115. The molecule has 9 heteroatoms. The first-order valence-corrected chi connectivity index (χ1v) is 7.95. The zero-order valence-electron chi connectivity index (χ0n) is 13.9. The van der Waals surface area contributed by atoms with Gasteiger partial charge in [-0.05, 0) is 20.8 Å². The first kappa shape index (κ1) is 18.4. The summed E-state index contributed by atoms with van der Waals surface area (Å²) in [6.45, 7) is 6.36. The average Bonchev–Trinajstić information content (AvgIpc) is 2.48. The van der Waals surface area contributed by atoms with Crippen LogP contribution >= 0.6 is 11.6 Å². The van der Waals surface area contributed by atoms with E-state index in [4.69, 9.17) is 16.3 Å². The molecule has 132 valence electrons. The van der Waals surface area contributed by atoms with Gasteiger partial charge in [0.15, 0.2) is 5.15 Å². The molecule has 8 nitrogen and oxygen atoms in total. The van der Waals surface area contributed by atoms with Gasteiger partial charge in [0, 0.05) is 32.0 Å². The summed E-state index contributed by atoms with van der Waals surface area (Å²) in [4.78, 5) is 35.0.